The molecule has 7 nitrogen and oxygen atoms in total. The third-order valence-electron chi connectivity index (χ3n) is 2.23. The maximum atomic E-state index is 12.5. The summed E-state index contributed by atoms with van der Waals surface area (Å²) in [6.07, 6.45) is -3.73. The van der Waals surface area contributed by atoms with Gasteiger partial charge in [0.15, 0.2) is 0 Å². The molecule has 0 saturated carbocycles. The number of anilines is 1. The van der Waals surface area contributed by atoms with Gasteiger partial charge in [-0.05, 0) is 12.1 Å². The highest BCUT2D eigenvalue weighted by Crippen LogP contribution is 2.29. The molecule has 1 aromatic rings. The second-order valence-electron chi connectivity index (χ2n) is 4.05. The van der Waals surface area contributed by atoms with Gasteiger partial charge in [0, 0.05) is 13.1 Å². The molecule has 1 aromatic heterocycles. The first kappa shape index (κ1) is 17.2. The molecule has 0 unspecified atom stereocenters. The molecule has 1 amide bonds. The summed E-state index contributed by atoms with van der Waals surface area (Å²) in [5.41, 5.74) is 3.63. The number of primary amides is 1. The standard InChI is InChI=1S/C10H13F3N4O3S/c1-21(19,20)16-5-4-15-9-6(8(14)18)2-3-7(17-9)10(11,12)13/h2-3,16H,4-5H2,1H3,(H2,14,18)(H,15,17). The van der Waals surface area contributed by atoms with Crippen LogP contribution in [0.4, 0.5) is 19.0 Å². The van der Waals surface area contributed by atoms with Crippen LogP contribution in [0.25, 0.3) is 0 Å². The van der Waals surface area contributed by atoms with E-state index in [0.717, 1.165) is 12.3 Å². The number of hydrogen-bond acceptors (Lipinski definition) is 5. The number of hydrogen-bond donors (Lipinski definition) is 3. The number of aromatic nitrogens is 1. The zero-order valence-corrected chi connectivity index (χ0v) is 11.7. The van der Waals surface area contributed by atoms with Gasteiger partial charge < -0.3 is 11.1 Å². The lowest BCUT2D eigenvalue weighted by Gasteiger charge is -2.12. The first-order chi connectivity index (χ1) is 9.50. The largest absolute Gasteiger partial charge is 0.433 e. The second kappa shape index (κ2) is 6.26. The number of carbonyl (C=O) groups is 1. The molecular weight excluding hydrogens is 313 g/mol. The van der Waals surface area contributed by atoms with Crippen LogP contribution in [0, 0.1) is 0 Å². The fraction of sp³-hybridized carbons (Fsp3) is 0.400. The van der Waals surface area contributed by atoms with Gasteiger partial charge in [0.25, 0.3) is 5.91 Å². The van der Waals surface area contributed by atoms with Crippen molar-refractivity contribution >= 4 is 21.7 Å². The van der Waals surface area contributed by atoms with Gasteiger partial charge in [0.1, 0.15) is 11.5 Å². The van der Waals surface area contributed by atoms with Crippen molar-refractivity contribution in [3.63, 3.8) is 0 Å². The summed E-state index contributed by atoms with van der Waals surface area (Å²) in [5.74, 6) is -1.30. The lowest BCUT2D eigenvalue weighted by atomic mass is 10.2. The molecule has 0 spiro atoms. The Bertz CT molecular complexity index is 631. The van der Waals surface area contributed by atoms with Crippen LogP contribution < -0.4 is 15.8 Å². The molecule has 0 aliphatic carbocycles. The lowest BCUT2D eigenvalue weighted by Crippen LogP contribution is -2.28. The van der Waals surface area contributed by atoms with Crippen molar-refractivity contribution in [1.29, 1.82) is 0 Å². The summed E-state index contributed by atoms with van der Waals surface area (Å²) in [4.78, 5) is 14.4. The van der Waals surface area contributed by atoms with Gasteiger partial charge in [-0.1, -0.05) is 0 Å². The number of carbonyl (C=O) groups excluding carboxylic acids is 1. The molecule has 0 bridgehead atoms. The van der Waals surface area contributed by atoms with E-state index in [1.165, 1.54) is 0 Å². The average Bonchev–Trinajstić information content (AvgIpc) is 2.32. The van der Waals surface area contributed by atoms with E-state index < -0.39 is 27.8 Å². The number of alkyl halides is 3. The minimum absolute atomic E-state index is 0.0678. The van der Waals surface area contributed by atoms with Crippen LogP contribution in [0.3, 0.4) is 0 Å². The molecule has 0 atom stereocenters. The fourth-order valence-corrected chi connectivity index (χ4v) is 1.84. The van der Waals surface area contributed by atoms with E-state index >= 15 is 0 Å². The van der Waals surface area contributed by atoms with Crippen LogP contribution in [0.15, 0.2) is 12.1 Å². The number of nitrogens with one attached hydrogen (secondary N) is 2. The summed E-state index contributed by atoms with van der Waals surface area (Å²) in [6, 6.07) is 1.55. The van der Waals surface area contributed by atoms with Crippen molar-refractivity contribution in [2.45, 2.75) is 6.18 Å². The molecule has 1 heterocycles. The predicted molar refractivity (Wildman–Crippen MR) is 69.1 cm³/mol. The van der Waals surface area contributed by atoms with Crippen molar-refractivity contribution in [1.82, 2.24) is 9.71 Å². The molecule has 0 aromatic carbocycles. The quantitative estimate of drug-likeness (QED) is 0.644. The number of sulfonamides is 1. The Morgan fingerprint density at radius 3 is 2.43 bits per heavy atom. The van der Waals surface area contributed by atoms with Crippen LogP contribution in [0.1, 0.15) is 16.1 Å². The third kappa shape index (κ3) is 5.55. The highest BCUT2D eigenvalue weighted by Gasteiger charge is 2.33. The first-order valence-electron chi connectivity index (χ1n) is 5.57. The molecular formula is C10H13F3N4O3S. The molecule has 4 N–H and O–H groups in total. The predicted octanol–water partition coefficient (Wildman–Crippen LogP) is 0.160. The molecule has 0 fully saturated rings. The molecule has 0 aliphatic rings. The van der Waals surface area contributed by atoms with Crippen molar-refractivity contribution in [3.8, 4) is 0 Å². The molecule has 0 radical (unpaired) electrons. The highest BCUT2D eigenvalue weighted by atomic mass is 32.2. The van der Waals surface area contributed by atoms with Crippen molar-refractivity contribution in [2.24, 2.45) is 5.73 Å². The Labute approximate surface area is 118 Å². The number of nitrogens with two attached hydrogens (primary N) is 1. The summed E-state index contributed by atoms with van der Waals surface area (Å²) < 4.78 is 61.4. The minimum atomic E-state index is -4.67. The molecule has 11 heteroatoms. The van der Waals surface area contributed by atoms with Crippen molar-refractivity contribution in [3.05, 3.63) is 23.4 Å². The SMILES string of the molecule is CS(=O)(=O)NCCNc1nc(C(F)(F)F)ccc1C(N)=O. The molecule has 118 valence electrons. The zero-order valence-electron chi connectivity index (χ0n) is 10.9. The number of rotatable bonds is 6. The van der Waals surface area contributed by atoms with Crippen LogP contribution in [0.2, 0.25) is 0 Å². The number of amides is 1. The Kier molecular flexibility index (Phi) is 5.12. The van der Waals surface area contributed by atoms with Gasteiger partial charge in [-0.3, -0.25) is 4.79 Å². The maximum Gasteiger partial charge on any atom is 0.433 e. The van der Waals surface area contributed by atoms with Gasteiger partial charge in [0.2, 0.25) is 10.0 Å². The molecule has 0 saturated heterocycles. The average molecular weight is 326 g/mol. The van der Waals surface area contributed by atoms with E-state index in [1.807, 2.05) is 0 Å². The van der Waals surface area contributed by atoms with E-state index in [1.54, 1.807) is 0 Å². The second-order valence-corrected chi connectivity index (χ2v) is 5.88. The van der Waals surface area contributed by atoms with Gasteiger partial charge in [0.05, 0.1) is 11.8 Å². The van der Waals surface area contributed by atoms with Gasteiger partial charge in [-0.2, -0.15) is 13.2 Å². The molecule has 0 aliphatic heterocycles. The van der Waals surface area contributed by atoms with E-state index in [2.05, 4.69) is 15.0 Å². The third-order valence-corrected chi connectivity index (χ3v) is 2.96. The van der Waals surface area contributed by atoms with Gasteiger partial charge >= 0.3 is 6.18 Å². The van der Waals surface area contributed by atoms with E-state index in [0.29, 0.717) is 6.07 Å². The highest BCUT2D eigenvalue weighted by molar-refractivity contribution is 7.88. The Hall–Kier alpha value is -1.88. The summed E-state index contributed by atoms with van der Waals surface area (Å²) in [6.45, 7) is -0.156. The monoisotopic (exact) mass is 326 g/mol. The Morgan fingerprint density at radius 2 is 1.95 bits per heavy atom. The maximum absolute atomic E-state index is 12.5. The van der Waals surface area contributed by atoms with E-state index in [-0.39, 0.29) is 24.5 Å². The normalized spacial score (nSPS) is 12.2. The van der Waals surface area contributed by atoms with Crippen LogP contribution in [-0.2, 0) is 16.2 Å². The zero-order chi connectivity index (χ0) is 16.3. The van der Waals surface area contributed by atoms with Crippen molar-refractivity contribution < 1.29 is 26.4 Å². The topological polar surface area (TPSA) is 114 Å². The fourth-order valence-electron chi connectivity index (χ4n) is 1.37. The van der Waals surface area contributed by atoms with E-state index in [9.17, 15) is 26.4 Å². The molecule has 1 rings (SSSR count). The number of nitrogens with zero attached hydrogens (tertiary/aromatic N) is 1. The summed E-state index contributed by atoms with van der Waals surface area (Å²) in [7, 11) is -3.42. The van der Waals surface area contributed by atoms with E-state index in [4.69, 9.17) is 5.73 Å². The Balaban J connectivity index is 2.89. The number of pyridine rings is 1. The van der Waals surface area contributed by atoms with Gasteiger partial charge in [-0.15, -0.1) is 0 Å². The smallest absolute Gasteiger partial charge is 0.368 e. The molecule has 21 heavy (non-hydrogen) atoms. The van der Waals surface area contributed by atoms with Crippen molar-refractivity contribution in [2.75, 3.05) is 24.7 Å². The first-order valence-corrected chi connectivity index (χ1v) is 7.46. The Morgan fingerprint density at radius 1 is 1.33 bits per heavy atom. The van der Waals surface area contributed by atoms with Gasteiger partial charge in [-0.25, -0.2) is 18.1 Å². The number of halogens is 3. The summed E-state index contributed by atoms with van der Waals surface area (Å²) in [5, 5.41) is 2.44. The lowest BCUT2D eigenvalue weighted by molar-refractivity contribution is -0.141. The summed E-state index contributed by atoms with van der Waals surface area (Å²) >= 11 is 0. The minimum Gasteiger partial charge on any atom is -0.368 e. The van der Waals surface area contributed by atoms with Crippen LogP contribution >= 0.6 is 0 Å². The van der Waals surface area contributed by atoms with Crippen LogP contribution in [0.5, 0.6) is 0 Å². The van der Waals surface area contributed by atoms with Crippen LogP contribution in [-0.4, -0.2) is 38.7 Å².